The fourth-order valence-electron chi connectivity index (χ4n) is 2.01. The van der Waals surface area contributed by atoms with Crippen LogP contribution in [0.5, 0.6) is 0 Å². The number of hydrogen-bond donors (Lipinski definition) is 3. The molecular formula is C16H12BrF2N5. The van der Waals surface area contributed by atoms with Crippen LogP contribution in [-0.2, 0) is 0 Å². The van der Waals surface area contributed by atoms with Crippen molar-refractivity contribution in [2.75, 3.05) is 16.4 Å². The molecule has 3 rings (SSSR count). The quantitative estimate of drug-likeness (QED) is 0.606. The van der Waals surface area contributed by atoms with Crippen molar-refractivity contribution < 1.29 is 8.78 Å². The second-order valence-corrected chi connectivity index (χ2v) is 5.79. The van der Waals surface area contributed by atoms with E-state index in [1.54, 1.807) is 0 Å². The molecule has 24 heavy (non-hydrogen) atoms. The number of hydrogen-bond acceptors (Lipinski definition) is 5. The molecule has 0 radical (unpaired) electrons. The largest absolute Gasteiger partial charge is 0.393 e. The standard InChI is InChI=1S/C16H12BrF2N5/c17-9-2-1-3-10(6-9)23-15-14(20)16(22-8-21-15)24-11-4-5-12(18)13(19)7-11/h1-8H,20H2,(H2,21,22,23,24). The Morgan fingerprint density at radius 1 is 0.875 bits per heavy atom. The summed E-state index contributed by atoms with van der Waals surface area (Å²) in [5, 5.41) is 5.93. The van der Waals surface area contributed by atoms with Gasteiger partial charge < -0.3 is 16.4 Å². The number of benzene rings is 2. The molecule has 0 unspecified atom stereocenters. The summed E-state index contributed by atoms with van der Waals surface area (Å²) in [6.07, 6.45) is 1.32. The smallest absolute Gasteiger partial charge is 0.160 e. The predicted molar refractivity (Wildman–Crippen MR) is 93.5 cm³/mol. The Morgan fingerprint density at radius 2 is 1.54 bits per heavy atom. The molecule has 1 aromatic heterocycles. The van der Waals surface area contributed by atoms with Gasteiger partial charge in [0.15, 0.2) is 23.3 Å². The molecule has 0 aliphatic heterocycles. The average Bonchev–Trinajstić information content (AvgIpc) is 2.55. The first-order valence-electron chi connectivity index (χ1n) is 6.88. The lowest BCUT2D eigenvalue weighted by Crippen LogP contribution is -2.05. The van der Waals surface area contributed by atoms with E-state index in [1.807, 2.05) is 24.3 Å². The van der Waals surface area contributed by atoms with Gasteiger partial charge in [-0.2, -0.15) is 0 Å². The number of nitrogens with one attached hydrogen (secondary N) is 2. The van der Waals surface area contributed by atoms with E-state index in [-0.39, 0.29) is 11.5 Å². The fourth-order valence-corrected chi connectivity index (χ4v) is 2.41. The monoisotopic (exact) mass is 391 g/mol. The van der Waals surface area contributed by atoms with Gasteiger partial charge in [0.05, 0.1) is 0 Å². The highest BCUT2D eigenvalue weighted by atomic mass is 79.9. The van der Waals surface area contributed by atoms with Crippen molar-refractivity contribution in [1.82, 2.24) is 9.97 Å². The van der Waals surface area contributed by atoms with Gasteiger partial charge >= 0.3 is 0 Å². The predicted octanol–water partition coefficient (Wildman–Crippen LogP) is 4.59. The Kier molecular flexibility index (Phi) is 4.57. The maximum Gasteiger partial charge on any atom is 0.160 e. The maximum atomic E-state index is 13.3. The van der Waals surface area contributed by atoms with Crippen LogP contribution in [0.4, 0.5) is 37.5 Å². The van der Waals surface area contributed by atoms with E-state index in [4.69, 9.17) is 5.73 Å². The van der Waals surface area contributed by atoms with Gasteiger partial charge in [-0.1, -0.05) is 22.0 Å². The zero-order valence-corrected chi connectivity index (χ0v) is 13.8. The molecule has 4 N–H and O–H groups in total. The lowest BCUT2D eigenvalue weighted by Gasteiger charge is -2.13. The van der Waals surface area contributed by atoms with Crippen molar-refractivity contribution >= 4 is 44.6 Å². The van der Waals surface area contributed by atoms with Crippen LogP contribution in [0.1, 0.15) is 0 Å². The summed E-state index contributed by atoms with van der Waals surface area (Å²) < 4.78 is 27.2. The second kappa shape index (κ2) is 6.79. The lowest BCUT2D eigenvalue weighted by molar-refractivity contribution is 0.509. The zero-order chi connectivity index (χ0) is 17.1. The molecule has 8 heteroatoms. The third-order valence-electron chi connectivity index (χ3n) is 3.15. The Morgan fingerprint density at radius 3 is 2.17 bits per heavy atom. The third-order valence-corrected chi connectivity index (χ3v) is 3.65. The molecule has 0 amide bonds. The average molecular weight is 392 g/mol. The fraction of sp³-hybridized carbons (Fsp3) is 0. The number of nitrogen functional groups attached to an aromatic ring is 1. The van der Waals surface area contributed by atoms with Crippen LogP contribution in [0, 0.1) is 11.6 Å². The second-order valence-electron chi connectivity index (χ2n) is 4.87. The summed E-state index contributed by atoms with van der Waals surface area (Å²) in [5.41, 5.74) is 7.42. The zero-order valence-electron chi connectivity index (χ0n) is 12.2. The number of aromatic nitrogens is 2. The van der Waals surface area contributed by atoms with Crippen molar-refractivity contribution in [2.24, 2.45) is 0 Å². The SMILES string of the molecule is Nc1c(Nc2cccc(Br)c2)ncnc1Nc1ccc(F)c(F)c1. The first-order chi connectivity index (χ1) is 11.5. The van der Waals surface area contributed by atoms with Crippen LogP contribution in [0.15, 0.2) is 53.3 Å². The number of nitrogens with two attached hydrogens (primary N) is 1. The number of nitrogens with zero attached hydrogens (tertiary/aromatic N) is 2. The van der Waals surface area contributed by atoms with Gasteiger partial charge in [0.1, 0.15) is 12.0 Å². The molecule has 5 nitrogen and oxygen atoms in total. The summed E-state index contributed by atoms with van der Waals surface area (Å²) in [5.74, 6) is -1.20. The molecule has 0 bridgehead atoms. The highest BCUT2D eigenvalue weighted by molar-refractivity contribution is 9.10. The number of halogens is 3. The molecular weight excluding hydrogens is 380 g/mol. The number of rotatable bonds is 4. The van der Waals surface area contributed by atoms with Crippen LogP contribution in [0.2, 0.25) is 0 Å². The van der Waals surface area contributed by atoms with E-state index in [0.717, 1.165) is 22.3 Å². The maximum absolute atomic E-state index is 13.3. The van der Waals surface area contributed by atoms with Gasteiger partial charge in [-0.05, 0) is 30.3 Å². The van der Waals surface area contributed by atoms with Crippen molar-refractivity contribution in [3.63, 3.8) is 0 Å². The number of anilines is 5. The molecule has 0 atom stereocenters. The summed E-state index contributed by atoms with van der Waals surface area (Å²) in [6, 6.07) is 10.9. The van der Waals surface area contributed by atoms with Gasteiger partial charge in [-0.15, -0.1) is 0 Å². The minimum absolute atomic E-state index is 0.252. The summed E-state index contributed by atoms with van der Waals surface area (Å²) in [6.45, 7) is 0. The van der Waals surface area contributed by atoms with E-state index in [0.29, 0.717) is 11.5 Å². The molecule has 0 saturated carbocycles. The van der Waals surface area contributed by atoms with Gasteiger partial charge in [0.2, 0.25) is 0 Å². The highest BCUT2D eigenvalue weighted by Gasteiger charge is 2.10. The van der Waals surface area contributed by atoms with Gasteiger partial charge in [-0.3, -0.25) is 0 Å². The first kappa shape index (κ1) is 16.1. The topological polar surface area (TPSA) is 75.9 Å². The Hall–Kier alpha value is -2.74. The first-order valence-corrected chi connectivity index (χ1v) is 7.67. The Labute approximate surface area is 145 Å². The van der Waals surface area contributed by atoms with E-state index in [2.05, 4.69) is 36.5 Å². The van der Waals surface area contributed by atoms with Gasteiger partial charge in [0, 0.05) is 21.9 Å². The summed E-state index contributed by atoms with van der Waals surface area (Å²) >= 11 is 3.38. The van der Waals surface area contributed by atoms with Crippen LogP contribution >= 0.6 is 15.9 Å². The van der Waals surface area contributed by atoms with E-state index in [9.17, 15) is 8.78 Å². The molecule has 3 aromatic rings. The molecule has 0 saturated heterocycles. The molecule has 2 aromatic carbocycles. The molecule has 1 heterocycles. The summed E-state index contributed by atoms with van der Waals surface area (Å²) in [4.78, 5) is 8.13. The molecule has 122 valence electrons. The van der Waals surface area contributed by atoms with Crippen LogP contribution < -0.4 is 16.4 Å². The van der Waals surface area contributed by atoms with Gasteiger partial charge in [-0.25, -0.2) is 18.7 Å². The van der Waals surface area contributed by atoms with Crippen LogP contribution in [0.3, 0.4) is 0 Å². The molecule has 0 spiro atoms. The lowest BCUT2D eigenvalue weighted by atomic mass is 10.3. The van der Waals surface area contributed by atoms with E-state index < -0.39 is 11.6 Å². The van der Waals surface area contributed by atoms with Crippen molar-refractivity contribution in [3.05, 3.63) is 64.9 Å². The molecule has 0 fully saturated rings. The normalized spacial score (nSPS) is 10.5. The van der Waals surface area contributed by atoms with Crippen molar-refractivity contribution in [1.29, 1.82) is 0 Å². The van der Waals surface area contributed by atoms with Crippen molar-refractivity contribution in [2.45, 2.75) is 0 Å². The molecule has 0 aliphatic rings. The van der Waals surface area contributed by atoms with E-state index >= 15 is 0 Å². The highest BCUT2D eigenvalue weighted by Crippen LogP contribution is 2.29. The molecule has 0 aliphatic carbocycles. The van der Waals surface area contributed by atoms with Crippen molar-refractivity contribution in [3.8, 4) is 0 Å². The third kappa shape index (κ3) is 3.60. The van der Waals surface area contributed by atoms with Crippen LogP contribution in [-0.4, -0.2) is 9.97 Å². The Balaban J connectivity index is 1.86. The van der Waals surface area contributed by atoms with Crippen LogP contribution in [0.25, 0.3) is 0 Å². The minimum atomic E-state index is -0.958. The Bertz CT molecular complexity index is 888. The van der Waals surface area contributed by atoms with Gasteiger partial charge in [0.25, 0.3) is 0 Å². The summed E-state index contributed by atoms with van der Waals surface area (Å²) in [7, 11) is 0. The minimum Gasteiger partial charge on any atom is -0.393 e. The van der Waals surface area contributed by atoms with E-state index in [1.165, 1.54) is 12.4 Å².